The second-order valence-corrected chi connectivity index (χ2v) is 7.49. The maximum Gasteiger partial charge on any atom is 0.196 e. The van der Waals surface area contributed by atoms with E-state index in [9.17, 15) is 5.11 Å². The van der Waals surface area contributed by atoms with Crippen LogP contribution in [0.15, 0.2) is 72.8 Å². The van der Waals surface area contributed by atoms with Crippen LogP contribution in [-0.4, -0.2) is 57.6 Å². The van der Waals surface area contributed by atoms with Gasteiger partial charge < -0.3 is 38.3 Å². The van der Waals surface area contributed by atoms with Crippen LogP contribution in [0.2, 0.25) is 0 Å². The van der Waals surface area contributed by atoms with Crippen molar-refractivity contribution in [3.8, 4) is 34.5 Å². The zero-order valence-electron chi connectivity index (χ0n) is 19.2. The van der Waals surface area contributed by atoms with E-state index in [0.717, 1.165) is 0 Å². The molecule has 1 fully saturated rings. The van der Waals surface area contributed by atoms with E-state index in [-0.39, 0.29) is 6.61 Å². The zero-order chi connectivity index (χ0) is 23.9. The van der Waals surface area contributed by atoms with Crippen molar-refractivity contribution in [1.82, 2.24) is 0 Å². The van der Waals surface area contributed by atoms with E-state index >= 15 is 0 Å². The fraction of sp³-hybridized carbons (Fsp3) is 0.308. The third kappa shape index (κ3) is 5.13. The van der Waals surface area contributed by atoms with Crippen molar-refractivity contribution in [1.29, 1.82) is 0 Å². The number of aliphatic hydroxyl groups excluding tert-OH is 1. The maximum absolute atomic E-state index is 10.8. The first-order valence-corrected chi connectivity index (χ1v) is 10.8. The lowest BCUT2D eigenvalue weighted by molar-refractivity contribution is -0.126. The summed E-state index contributed by atoms with van der Waals surface area (Å²) in [4.78, 5) is 0. The van der Waals surface area contributed by atoms with Gasteiger partial charge in [-0.1, -0.05) is 36.4 Å². The minimum Gasteiger partial charge on any atom is -0.493 e. The van der Waals surface area contributed by atoms with Crippen LogP contribution < -0.4 is 28.4 Å². The maximum atomic E-state index is 10.8. The molecule has 1 aliphatic rings. The summed E-state index contributed by atoms with van der Waals surface area (Å²) in [6.07, 6.45) is -3.53. The predicted octanol–water partition coefficient (Wildman–Crippen LogP) is 3.70. The second-order valence-electron chi connectivity index (χ2n) is 7.49. The average Bonchev–Trinajstić information content (AvgIpc) is 3.17. The topological polar surface area (TPSA) is 84.8 Å². The summed E-state index contributed by atoms with van der Waals surface area (Å²) in [7, 11) is 4.69. The lowest BCUT2D eigenvalue weighted by Gasteiger charge is -2.26. The predicted molar refractivity (Wildman–Crippen MR) is 124 cm³/mol. The minimum atomic E-state index is -1.27. The smallest absolute Gasteiger partial charge is 0.196 e. The first-order valence-electron chi connectivity index (χ1n) is 10.8. The third-order valence-electron chi connectivity index (χ3n) is 5.42. The Morgan fingerprint density at radius 1 is 0.618 bits per heavy atom. The van der Waals surface area contributed by atoms with E-state index in [2.05, 4.69) is 0 Å². The molecule has 8 nitrogen and oxygen atoms in total. The molecule has 0 aromatic heterocycles. The van der Waals surface area contributed by atoms with Gasteiger partial charge >= 0.3 is 0 Å². The highest BCUT2D eigenvalue weighted by Gasteiger charge is 2.48. The molecule has 0 spiro atoms. The molecule has 180 valence electrons. The number of methoxy groups -OCH3 is 3. The number of hydrogen-bond acceptors (Lipinski definition) is 8. The Morgan fingerprint density at radius 2 is 1.03 bits per heavy atom. The molecule has 3 aromatic rings. The molecule has 0 amide bonds. The van der Waals surface area contributed by atoms with Gasteiger partial charge in [-0.25, -0.2) is 0 Å². The number of para-hydroxylation sites is 6. The summed E-state index contributed by atoms with van der Waals surface area (Å²) in [6, 6.07) is 21.7. The monoisotopic (exact) mass is 468 g/mol. The highest BCUT2D eigenvalue weighted by Crippen LogP contribution is 2.36. The molecule has 1 heterocycles. The summed E-state index contributed by atoms with van der Waals surface area (Å²) in [6.45, 7) is 0.0863. The molecular formula is C26H28O8. The van der Waals surface area contributed by atoms with Crippen LogP contribution in [0.25, 0.3) is 0 Å². The van der Waals surface area contributed by atoms with Gasteiger partial charge in [0.05, 0.1) is 21.3 Å². The summed E-state index contributed by atoms with van der Waals surface area (Å²) < 4.78 is 40.4. The molecule has 0 unspecified atom stereocenters. The summed E-state index contributed by atoms with van der Waals surface area (Å²) in [5.41, 5.74) is 0. The molecule has 3 aromatic carbocycles. The Morgan fingerprint density at radius 3 is 1.53 bits per heavy atom. The molecule has 0 radical (unpaired) electrons. The van der Waals surface area contributed by atoms with E-state index in [4.69, 9.17) is 33.2 Å². The first kappa shape index (κ1) is 23.5. The SMILES string of the molecule is COc1ccccc1OC[C@H]1O[C@H](O)[C@H](Oc2ccccc2OC)[C@@H]1Oc1ccccc1OC. The molecule has 4 atom stereocenters. The molecule has 1 saturated heterocycles. The van der Waals surface area contributed by atoms with Crippen LogP contribution in [-0.2, 0) is 4.74 Å². The zero-order valence-corrected chi connectivity index (χ0v) is 19.2. The van der Waals surface area contributed by atoms with Crippen LogP contribution in [0.4, 0.5) is 0 Å². The van der Waals surface area contributed by atoms with Crippen molar-refractivity contribution in [2.45, 2.75) is 24.6 Å². The van der Waals surface area contributed by atoms with E-state index < -0.39 is 24.6 Å². The van der Waals surface area contributed by atoms with Gasteiger partial charge in [0, 0.05) is 0 Å². The van der Waals surface area contributed by atoms with Crippen molar-refractivity contribution in [2.24, 2.45) is 0 Å². The lowest BCUT2D eigenvalue weighted by atomic mass is 10.1. The molecule has 8 heteroatoms. The van der Waals surface area contributed by atoms with Crippen molar-refractivity contribution >= 4 is 0 Å². The lowest BCUT2D eigenvalue weighted by Crippen LogP contribution is -2.43. The fourth-order valence-corrected chi connectivity index (χ4v) is 3.75. The Kier molecular flexibility index (Phi) is 7.61. The van der Waals surface area contributed by atoms with Gasteiger partial charge in [0.15, 0.2) is 53.0 Å². The van der Waals surface area contributed by atoms with Gasteiger partial charge in [-0.3, -0.25) is 0 Å². The molecule has 34 heavy (non-hydrogen) atoms. The Bertz CT molecular complexity index is 1070. The summed E-state index contributed by atoms with van der Waals surface area (Å²) in [5, 5.41) is 10.8. The quantitative estimate of drug-likeness (QED) is 0.482. The number of ether oxygens (including phenoxy) is 7. The van der Waals surface area contributed by atoms with Gasteiger partial charge in [0.25, 0.3) is 0 Å². The van der Waals surface area contributed by atoms with Gasteiger partial charge in [-0.05, 0) is 36.4 Å². The molecule has 0 aliphatic carbocycles. The number of rotatable bonds is 10. The largest absolute Gasteiger partial charge is 0.493 e. The fourth-order valence-electron chi connectivity index (χ4n) is 3.75. The van der Waals surface area contributed by atoms with Gasteiger partial charge in [-0.15, -0.1) is 0 Å². The standard InChI is InChI=1S/C26H28O8/c1-28-17-10-4-7-13-20(17)31-16-23-24(32-21-14-8-5-11-18(21)29-2)25(26(27)34-23)33-22-15-9-6-12-19(22)30-3/h4-15,23-27H,16H2,1-3H3/t23-,24-,25-,26+/m1/s1. The summed E-state index contributed by atoms with van der Waals surface area (Å²) >= 11 is 0. The minimum absolute atomic E-state index is 0.0863. The van der Waals surface area contributed by atoms with Crippen molar-refractivity contribution < 1.29 is 38.3 Å². The van der Waals surface area contributed by atoms with Gasteiger partial charge in [0.1, 0.15) is 12.7 Å². The summed E-state index contributed by atoms with van der Waals surface area (Å²) in [5.74, 6) is 3.16. The molecule has 1 N–H and O–H groups in total. The van der Waals surface area contributed by atoms with Gasteiger partial charge in [0.2, 0.25) is 0 Å². The Balaban J connectivity index is 1.60. The van der Waals surface area contributed by atoms with Gasteiger partial charge in [-0.2, -0.15) is 0 Å². The van der Waals surface area contributed by atoms with Crippen LogP contribution >= 0.6 is 0 Å². The average molecular weight is 469 g/mol. The van der Waals surface area contributed by atoms with E-state index in [1.54, 1.807) is 57.7 Å². The number of hydrogen-bond donors (Lipinski definition) is 1. The number of benzene rings is 3. The first-order chi connectivity index (χ1) is 16.6. The molecule has 0 saturated carbocycles. The van der Waals surface area contributed by atoms with E-state index in [1.165, 1.54) is 0 Å². The van der Waals surface area contributed by atoms with Crippen molar-refractivity contribution in [3.05, 3.63) is 72.8 Å². The normalized spacial score (nSPS) is 21.5. The van der Waals surface area contributed by atoms with Crippen molar-refractivity contribution in [3.63, 3.8) is 0 Å². The van der Waals surface area contributed by atoms with E-state index in [1.807, 2.05) is 36.4 Å². The van der Waals surface area contributed by atoms with Crippen LogP contribution in [0.3, 0.4) is 0 Å². The van der Waals surface area contributed by atoms with Crippen LogP contribution in [0, 0.1) is 0 Å². The van der Waals surface area contributed by atoms with Crippen molar-refractivity contribution in [2.75, 3.05) is 27.9 Å². The highest BCUT2D eigenvalue weighted by atomic mass is 16.7. The van der Waals surface area contributed by atoms with E-state index in [0.29, 0.717) is 34.5 Å². The Hall–Kier alpha value is -3.62. The third-order valence-corrected chi connectivity index (χ3v) is 5.42. The second kappa shape index (κ2) is 11.0. The van der Waals surface area contributed by atoms with Crippen LogP contribution in [0.1, 0.15) is 0 Å². The highest BCUT2D eigenvalue weighted by molar-refractivity contribution is 5.41. The molecular weight excluding hydrogens is 440 g/mol. The number of aliphatic hydroxyl groups is 1. The molecule has 4 rings (SSSR count). The molecule has 1 aliphatic heterocycles. The Labute approximate surface area is 198 Å². The molecule has 0 bridgehead atoms. The van der Waals surface area contributed by atoms with Crippen LogP contribution in [0.5, 0.6) is 34.5 Å².